The summed E-state index contributed by atoms with van der Waals surface area (Å²) >= 11 is 1.41. The fourth-order valence-corrected chi connectivity index (χ4v) is 2.41. The van der Waals surface area contributed by atoms with Gasteiger partial charge in [-0.3, -0.25) is 4.79 Å². The van der Waals surface area contributed by atoms with E-state index in [0.717, 1.165) is 4.88 Å². The standard InChI is InChI=1S/C13H20N2O3S/c1-8(2)7-9(13(17)18-3)15-12(16)11(14)10-5-4-6-19-10/h4-6,8-9,11H,7,14H2,1-3H3,(H,15,16)/t9-,11?/m0/s1. The average molecular weight is 284 g/mol. The van der Waals surface area contributed by atoms with Gasteiger partial charge in [0.1, 0.15) is 12.1 Å². The highest BCUT2D eigenvalue weighted by atomic mass is 32.1. The number of nitrogens with one attached hydrogen (secondary N) is 1. The van der Waals surface area contributed by atoms with Crippen LogP contribution in [-0.2, 0) is 14.3 Å². The Labute approximate surface area is 117 Å². The number of nitrogens with two attached hydrogens (primary N) is 1. The highest BCUT2D eigenvalue weighted by Crippen LogP contribution is 2.17. The van der Waals surface area contributed by atoms with Gasteiger partial charge in [0.15, 0.2) is 0 Å². The molecule has 0 saturated heterocycles. The molecule has 5 nitrogen and oxygen atoms in total. The van der Waals surface area contributed by atoms with Crippen molar-refractivity contribution in [1.29, 1.82) is 0 Å². The first-order chi connectivity index (χ1) is 8.95. The highest BCUT2D eigenvalue weighted by Gasteiger charge is 2.26. The Kier molecular flexibility index (Phi) is 5.98. The average Bonchev–Trinajstić information content (AvgIpc) is 2.89. The molecule has 0 saturated carbocycles. The van der Waals surface area contributed by atoms with Gasteiger partial charge in [-0.1, -0.05) is 19.9 Å². The van der Waals surface area contributed by atoms with E-state index in [0.29, 0.717) is 6.42 Å². The lowest BCUT2D eigenvalue weighted by molar-refractivity contribution is -0.145. The van der Waals surface area contributed by atoms with E-state index in [4.69, 9.17) is 10.5 Å². The van der Waals surface area contributed by atoms with Gasteiger partial charge in [0.25, 0.3) is 0 Å². The largest absolute Gasteiger partial charge is 0.467 e. The molecule has 19 heavy (non-hydrogen) atoms. The van der Waals surface area contributed by atoms with Crippen molar-refractivity contribution in [1.82, 2.24) is 5.32 Å². The number of carbonyl (C=O) groups excluding carboxylic acids is 2. The van der Waals surface area contributed by atoms with Gasteiger partial charge in [-0.25, -0.2) is 4.79 Å². The zero-order valence-electron chi connectivity index (χ0n) is 11.4. The fourth-order valence-electron chi connectivity index (χ4n) is 1.69. The molecule has 1 heterocycles. The van der Waals surface area contributed by atoms with Crippen molar-refractivity contribution in [3.8, 4) is 0 Å². The van der Waals surface area contributed by atoms with Crippen LogP contribution in [0.15, 0.2) is 17.5 Å². The van der Waals surface area contributed by atoms with Gasteiger partial charge in [0.2, 0.25) is 5.91 Å². The lowest BCUT2D eigenvalue weighted by atomic mass is 10.0. The predicted octanol–water partition coefficient (Wildman–Crippen LogP) is 1.45. The van der Waals surface area contributed by atoms with E-state index in [1.807, 2.05) is 25.3 Å². The normalized spacial score (nSPS) is 13.9. The number of hydrogen-bond donors (Lipinski definition) is 2. The Balaban J connectivity index is 2.67. The second kappa shape index (κ2) is 7.25. The monoisotopic (exact) mass is 284 g/mol. The highest BCUT2D eigenvalue weighted by molar-refractivity contribution is 7.10. The zero-order chi connectivity index (χ0) is 14.4. The Morgan fingerprint density at radius 2 is 2.16 bits per heavy atom. The number of methoxy groups -OCH3 is 1. The summed E-state index contributed by atoms with van der Waals surface area (Å²) in [5, 5.41) is 4.51. The van der Waals surface area contributed by atoms with Crippen LogP contribution in [0.3, 0.4) is 0 Å². The summed E-state index contributed by atoms with van der Waals surface area (Å²) in [5.74, 6) is -0.540. The molecule has 6 heteroatoms. The summed E-state index contributed by atoms with van der Waals surface area (Å²) in [6, 6.07) is 2.23. The molecule has 1 aromatic heterocycles. The van der Waals surface area contributed by atoms with Gasteiger partial charge in [-0.2, -0.15) is 0 Å². The summed E-state index contributed by atoms with van der Waals surface area (Å²) in [7, 11) is 1.31. The predicted molar refractivity (Wildman–Crippen MR) is 74.6 cm³/mol. The van der Waals surface area contributed by atoms with Crippen LogP contribution >= 0.6 is 11.3 Å². The van der Waals surface area contributed by atoms with Gasteiger partial charge in [0.05, 0.1) is 7.11 Å². The first-order valence-electron chi connectivity index (χ1n) is 6.13. The maximum absolute atomic E-state index is 12.0. The van der Waals surface area contributed by atoms with E-state index in [2.05, 4.69) is 5.32 Å². The number of carbonyl (C=O) groups is 2. The molecule has 0 aliphatic heterocycles. The Hall–Kier alpha value is -1.40. The van der Waals surface area contributed by atoms with Crippen LogP contribution in [0.25, 0.3) is 0 Å². The zero-order valence-corrected chi connectivity index (χ0v) is 12.2. The van der Waals surface area contributed by atoms with Gasteiger partial charge in [-0.15, -0.1) is 11.3 Å². The molecule has 0 aromatic carbocycles. The fraction of sp³-hybridized carbons (Fsp3) is 0.538. The second-order valence-corrected chi connectivity index (χ2v) is 5.69. The molecule has 1 unspecified atom stereocenters. The van der Waals surface area contributed by atoms with Crippen molar-refractivity contribution in [2.75, 3.05) is 7.11 Å². The third-order valence-corrected chi connectivity index (χ3v) is 3.60. The number of hydrogen-bond acceptors (Lipinski definition) is 5. The summed E-state index contributed by atoms with van der Waals surface area (Å²) in [6.45, 7) is 3.95. The molecule has 0 spiro atoms. The lowest BCUT2D eigenvalue weighted by Crippen LogP contribution is -2.45. The molecule has 0 aliphatic carbocycles. The van der Waals surface area contributed by atoms with E-state index >= 15 is 0 Å². The van der Waals surface area contributed by atoms with Gasteiger partial charge >= 0.3 is 5.97 Å². The maximum atomic E-state index is 12.0. The molecule has 1 amide bonds. The molecule has 0 radical (unpaired) electrons. The van der Waals surface area contributed by atoms with Crippen LogP contribution in [-0.4, -0.2) is 25.0 Å². The number of amides is 1. The van der Waals surface area contributed by atoms with Crippen LogP contribution in [0.4, 0.5) is 0 Å². The van der Waals surface area contributed by atoms with E-state index in [1.165, 1.54) is 18.4 Å². The third-order valence-electron chi connectivity index (χ3n) is 2.64. The Morgan fingerprint density at radius 1 is 1.47 bits per heavy atom. The van der Waals surface area contributed by atoms with E-state index in [1.54, 1.807) is 6.07 Å². The molecule has 106 valence electrons. The Morgan fingerprint density at radius 3 is 2.63 bits per heavy atom. The van der Waals surface area contributed by atoms with Crippen LogP contribution in [0.1, 0.15) is 31.2 Å². The van der Waals surface area contributed by atoms with Gasteiger partial charge < -0.3 is 15.8 Å². The molecule has 0 aliphatic rings. The third kappa shape index (κ3) is 4.65. The lowest BCUT2D eigenvalue weighted by Gasteiger charge is -2.20. The molecule has 2 atom stereocenters. The number of ether oxygens (including phenoxy) is 1. The molecule has 1 aromatic rings. The van der Waals surface area contributed by atoms with Crippen molar-refractivity contribution < 1.29 is 14.3 Å². The smallest absolute Gasteiger partial charge is 0.328 e. The van der Waals surface area contributed by atoms with Crippen molar-refractivity contribution >= 4 is 23.2 Å². The number of esters is 1. The first kappa shape index (κ1) is 15.7. The number of rotatable bonds is 6. The summed E-state index contributed by atoms with van der Waals surface area (Å²) < 4.78 is 4.69. The first-order valence-corrected chi connectivity index (χ1v) is 7.00. The van der Waals surface area contributed by atoms with Crippen molar-refractivity contribution in [3.63, 3.8) is 0 Å². The van der Waals surface area contributed by atoms with E-state index in [9.17, 15) is 9.59 Å². The minimum absolute atomic E-state index is 0.266. The molecule has 3 N–H and O–H groups in total. The molecule has 0 fully saturated rings. The van der Waals surface area contributed by atoms with Crippen LogP contribution in [0, 0.1) is 5.92 Å². The van der Waals surface area contributed by atoms with Crippen molar-refractivity contribution in [2.45, 2.75) is 32.4 Å². The van der Waals surface area contributed by atoms with E-state index < -0.39 is 18.1 Å². The van der Waals surface area contributed by atoms with Crippen LogP contribution in [0.2, 0.25) is 0 Å². The molecule has 1 rings (SSSR count). The quantitative estimate of drug-likeness (QED) is 0.775. The van der Waals surface area contributed by atoms with Gasteiger partial charge in [0, 0.05) is 4.88 Å². The minimum atomic E-state index is -0.751. The summed E-state index contributed by atoms with van der Waals surface area (Å²) in [6.07, 6.45) is 0.523. The van der Waals surface area contributed by atoms with Crippen LogP contribution in [0.5, 0.6) is 0 Å². The number of thiophene rings is 1. The van der Waals surface area contributed by atoms with Gasteiger partial charge in [-0.05, 0) is 23.8 Å². The van der Waals surface area contributed by atoms with Crippen LogP contribution < -0.4 is 11.1 Å². The topological polar surface area (TPSA) is 81.4 Å². The molecular weight excluding hydrogens is 264 g/mol. The summed E-state index contributed by atoms with van der Waals surface area (Å²) in [4.78, 5) is 24.4. The van der Waals surface area contributed by atoms with Crippen molar-refractivity contribution in [3.05, 3.63) is 22.4 Å². The van der Waals surface area contributed by atoms with Crippen molar-refractivity contribution in [2.24, 2.45) is 11.7 Å². The molecule has 0 bridgehead atoms. The SMILES string of the molecule is COC(=O)[C@H](CC(C)C)NC(=O)C(N)c1cccs1. The maximum Gasteiger partial charge on any atom is 0.328 e. The minimum Gasteiger partial charge on any atom is -0.467 e. The summed E-state index contributed by atoms with van der Waals surface area (Å²) in [5.41, 5.74) is 5.85. The second-order valence-electron chi connectivity index (χ2n) is 4.71. The molecular formula is C13H20N2O3S. The van der Waals surface area contributed by atoms with E-state index in [-0.39, 0.29) is 11.8 Å². The Bertz CT molecular complexity index is 418.